The van der Waals surface area contributed by atoms with Gasteiger partial charge in [0.2, 0.25) is 0 Å². The van der Waals surface area contributed by atoms with Crippen LogP contribution >= 0.6 is 0 Å². The minimum atomic E-state index is -4.73. The fourth-order valence-corrected chi connectivity index (χ4v) is 5.47. The van der Waals surface area contributed by atoms with E-state index in [9.17, 15) is 36.2 Å². The van der Waals surface area contributed by atoms with Crippen LogP contribution in [0.3, 0.4) is 0 Å². The van der Waals surface area contributed by atoms with E-state index in [4.69, 9.17) is 4.74 Å². The fourth-order valence-electron chi connectivity index (χ4n) is 5.47. The number of nitrogens with one attached hydrogen (secondary N) is 1. The van der Waals surface area contributed by atoms with Gasteiger partial charge < -0.3 is 15.2 Å². The highest BCUT2D eigenvalue weighted by Gasteiger charge is 2.51. The van der Waals surface area contributed by atoms with Gasteiger partial charge in [-0.1, -0.05) is 32.0 Å². The van der Waals surface area contributed by atoms with Crippen LogP contribution in [0.15, 0.2) is 30.3 Å². The van der Waals surface area contributed by atoms with Crippen LogP contribution in [-0.4, -0.2) is 29.4 Å². The lowest BCUT2D eigenvalue weighted by Gasteiger charge is -2.50. The molecule has 2 aromatic carbocycles. The van der Waals surface area contributed by atoms with Crippen LogP contribution in [0.2, 0.25) is 0 Å². The zero-order valence-electron chi connectivity index (χ0n) is 20.0. The number of hydrogen-bond donors (Lipinski definition) is 2. The topological polar surface area (TPSA) is 58.6 Å². The minimum Gasteiger partial charge on any atom is -0.490 e. The van der Waals surface area contributed by atoms with E-state index in [0.717, 1.165) is 0 Å². The van der Waals surface area contributed by atoms with Gasteiger partial charge in [0.25, 0.3) is 0 Å². The molecular weight excluding hydrogens is 488 g/mol. The molecule has 2 unspecified atom stereocenters. The molecular formula is C26H29F6NO3. The number of alkyl halides is 6. The minimum absolute atomic E-state index is 0.0397. The SMILES string of the molecule is CC1(C)C(NCc2ccc3ccc(OC4CCC(C(F)(F)F)CC4)c(C(F)(F)F)c3c2)CC1C(=O)O. The van der Waals surface area contributed by atoms with Gasteiger partial charge in [0, 0.05) is 12.6 Å². The highest BCUT2D eigenvalue weighted by molar-refractivity contribution is 5.89. The summed E-state index contributed by atoms with van der Waals surface area (Å²) in [6.07, 6.45) is -9.56. The third kappa shape index (κ3) is 5.28. The summed E-state index contributed by atoms with van der Waals surface area (Å²) in [7, 11) is 0. The Labute approximate surface area is 205 Å². The van der Waals surface area contributed by atoms with Crippen LogP contribution in [0.1, 0.15) is 57.1 Å². The van der Waals surface area contributed by atoms with Crippen molar-refractivity contribution in [2.24, 2.45) is 17.3 Å². The molecule has 0 amide bonds. The van der Waals surface area contributed by atoms with Gasteiger partial charge in [0.1, 0.15) is 11.3 Å². The Morgan fingerprint density at radius 3 is 2.25 bits per heavy atom. The van der Waals surface area contributed by atoms with E-state index in [2.05, 4.69) is 5.32 Å². The largest absolute Gasteiger partial charge is 0.490 e. The van der Waals surface area contributed by atoms with Gasteiger partial charge in [0.15, 0.2) is 0 Å². The maximum absolute atomic E-state index is 14.2. The Kier molecular flexibility index (Phi) is 6.96. The van der Waals surface area contributed by atoms with Crippen molar-refractivity contribution >= 4 is 16.7 Å². The second-order valence-electron chi connectivity index (χ2n) is 10.5. The number of carboxylic acid groups (broad SMARTS) is 1. The number of carbonyl (C=O) groups is 1. The number of benzene rings is 2. The summed E-state index contributed by atoms with van der Waals surface area (Å²) < 4.78 is 87.0. The van der Waals surface area contributed by atoms with E-state index in [1.54, 1.807) is 12.1 Å². The maximum Gasteiger partial charge on any atom is 0.420 e. The lowest BCUT2D eigenvalue weighted by Crippen LogP contribution is -2.58. The molecule has 198 valence electrons. The fraction of sp³-hybridized carbons (Fsp3) is 0.577. The molecule has 2 N–H and O–H groups in total. The molecule has 36 heavy (non-hydrogen) atoms. The average molecular weight is 518 g/mol. The monoisotopic (exact) mass is 517 g/mol. The van der Waals surface area contributed by atoms with Crippen molar-refractivity contribution in [3.05, 3.63) is 41.5 Å². The number of halogens is 6. The lowest BCUT2D eigenvalue weighted by molar-refractivity contribution is -0.185. The molecule has 2 fully saturated rings. The van der Waals surface area contributed by atoms with Gasteiger partial charge in [-0.3, -0.25) is 4.79 Å². The molecule has 0 heterocycles. The number of carboxylic acids is 1. The maximum atomic E-state index is 14.2. The third-order valence-electron chi connectivity index (χ3n) is 7.88. The normalized spacial score (nSPS) is 26.4. The van der Waals surface area contributed by atoms with Crippen LogP contribution in [0.25, 0.3) is 10.8 Å². The molecule has 4 rings (SSSR count). The van der Waals surface area contributed by atoms with Crippen molar-refractivity contribution in [2.45, 2.75) is 77.0 Å². The average Bonchev–Trinajstić information content (AvgIpc) is 2.76. The van der Waals surface area contributed by atoms with E-state index >= 15 is 0 Å². The molecule has 2 aliphatic carbocycles. The zero-order valence-corrected chi connectivity index (χ0v) is 20.0. The Morgan fingerprint density at radius 2 is 1.69 bits per heavy atom. The first kappa shape index (κ1) is 26.6. The van der Waals surface area contributed by atoms with Crippen molar-refractivity contribution < 1.29 is 41.0 Å². The van der Waals surface area contributed by atoms with Gasteiger partial charge in [-0.15, -0.1) is 0 Å². The smallest absolute Gasteiger partial charge is 0.420 e. The predicted octanol–water partition coefficient (Wildman–Crippen LogP) is 6.95. The van der Waals surface area contributed by atoms with Gasteiger partial charge in [0.05, 0.1) is 17.9 Å². The summed E-state index contributed by atoms with van der Waals surface area (Å²) in [6.45, 7) is 3.96. The lowest BCUT2D eigenvalue weighted by atomic mass is 9.58. The van der Waals surface area contributed by atoms with Crippen molar-refractivity contribution in [1.29, 1.82) is 0 Å². The molecule has 0 bridgehead atoms. The van der Waals surface area contributed by atoms with Crippen molar-refractivity contribution in [1.82, 2.24) is 5.32 Å². The Hall–Kier alpha value is -2.49. The highest BCUT2D eigenvalue weighted by Crippen LogP contribution is 2.47. The molecule has 2 aliphatic rings. The summed E-state index contributed by atoms with van der Waals surface area (Å²) in [5, 5.41) is 12.9. The Bertz CT molecular complexity index is 1120. The molecule has 0 spiro atoms. The number of fused-ring (bicyclic) bond motifs is 1. The summed E-state index contributed by atoms with van der Waals surface area (Å²) in [4.78, 5) is 11.3. The van der Waals surface area contributed by atoms with Crippen molar-refractivity contribution in [3.8, 4) is 5.75 Å². The van der Waals surface area contributed by atoms with Crippen molar-refractivity contribution in [3.63, 3.8) is 0 Å². The zero-order chi connectivity index (χ0) is 26.5. The molecule has 4 nitrogen and oxygen atoms in total. The summed E-state index contributed by atoms with van der Waals surface area (Å²) in [5.41, 5.74) is -0.813. The predicted molar refractivity (Wildman–Crippen MR) is 122 cm³/mol. The molecule has 2 atom stereocenters. The summed E-state index contributed by atoms with van der Waals surface area (Å²) >= 11 is 0. The summed E-state index contributed by atoms with van der Waals surface area (Å²) in [6, 6.07) is 7.42. The number of rotatable bonds is 6. The van der Waals surface area contributed by atoms with Crippen LogP contribution < -0.4 is 10.1 Å². The molecule has 2 aromatic rings. The van der Waals surface area contributed by atoms with Gasteiger partial charge >= 0.3 is 18.3 Å². The van der Waals surface area contributed by atoms with Gasteiger partial charge in [-0.25, -0.2) is 0 Å². The van der Waals surface area contributed by atoms with Crippen LogP contribution in [0.5, 0.6) is 5.75 Å². The van der Waals surface area contributed by atoms with E-state index < -0.39 is 47.2 Å². The Morgan fingerprint density at radius 1 is 1.06 bits per heavy atom. The molecule has 10 heteroatoms. The highest BCUT2D eigenvalue weighted by atomic mass is 19.4. The standard InChI is InChI=1S/C26H29F6NO3/c1-24(2)19(23(34)35)12-21(24)33-13-14-3-4-15-5-10-20(22(18(15)11-14)26(30,31)32)36-17-8-6-16(7-9-17)25(27,28)29/h3-5,10-11,16-17,19,21,33H,6-9,12-13H2,1-2H3,(H,34,35). The van der Waals surface area contributed by atoms with E-state index in [1.807, 2.05) is 13.8 Å². The number of aliphatic carboxylic acids is 1. The van der Waals surface area contributed by atoms with Crippen LogP contribution in [0.4, 0.5) is 26.3 Å². The quantitative estimate of drug-likeness (QED) is 0.407. The van der Waals surface area contributed by atoms with Gasteiger partial charge in [-0.2, -0.15) is 26.3 Å². The van der Waals surface area contributed by atoms with E-state index in [1.165, 1.54) is 18.2 Å². The molecule has 0 saturated heterocycles. The summed E-state index contributed by atoms with van der Waals surface area (Å²) in [5.74, 6) is -3.16. The first-order valence-electron chi connectivity index (χ1n) is 12.0. The first-order valence-corrected chi connectivity index (χ1v) is 12.0. The van der Waals surface area contributed by atoms with E-state index in [-0.39, 0.29) is 49.4 Å². The van der Waals surface area contributed by atoms with Crippen LogP contribution in [-0.2, 0) is 17.5 Å². The molecule has 0 aromatic heterocycles. The van der Waals surface area contributed by atoms with Crippen LogP contribution in [0, 0.1) is 17.3 Å². The number of ether oxygens (including phenoxy) is 1. The second kappa shape index (κ2) is 9.43. The third-order valence-corrected chi connectivity index (χ3v) is 7.88. The van der Waals surface area contributed by atoms with E-state index in [0.29, 0.717) is 17.4 Å². The van der Waals surface area contributed by atoms with Gasteiger partial charge in [-0.05, 0) is 66.0 Å². The number of hydrogen-bond acceptors (Lipinski definition) is 3. The second-order valence-corrected chi connectivity index (χ2v) is 10.5. The molecule has 0 aliphatic heterocycles. The Balaban J connectivity index is 1.54. The molecule has 0 radical (unpaired) electrons. The first-order chi connectivity index (χ1) is 16.7. The van der Waals surface area contributed by atoms with Crippen molar-refractivity contribution in [2.75, 3.05) is 0 Å². The molecule has 2 saturated carbocycles.